The monoisotopic (exact) mass is 459 g/mol. The van der Waals surface area contributed by atoms with Crippen LogP contribution in [0.4, 0.5) is 10.5 Å². The second-order valence-electron chi connectivity index (χ2n) is 11.3. The fourth-order valence-electron chi connectivity index (χ4n) is 4.29. The molecule has 33 heavy (non-hydrogen) atoms. The van der Waals surface area contributed by atoms with Gasteiger partial charge in [-0.1, -0.05) is 32.1 Å². The summed E-state index contributed by atoms with van der Waals surface area (Å²) < 4.78 is 5.35. The maximum atomic E-state index is 12.5. The SMILES string of the molecule is CC(C)C[C@@H](/C=C/CC(=O)Nc1ccc2c(c1)C(C)(C)N(O)C2(C)C)NC(=O)OC(C)(C)C. The van der Waals surface area contributed by atoms with Crippen molar-refractivity contribution in [3.05, 3.63) is 41.5 Å². The molecule has 1 aliphatic rings. The average molecular weight is 460 g/mol. The fourth-order valence-corrected chi connectivity index (χ4v) is 4.29. The Bertz CT molecular complexity index is 897. The molecule has 0 fully saturated rings. The van der Waals surface area contributed by atoms with Crippen molar-refractivity contribution < 1.29 is 19.5 Å². The Hall–Kier alpha value is -2.38. The molecule has 2 amide bonds. The highest BCUT2D eigenvalue weighted by Crippen LogP contribution is 2.48. The summed E-state index contributed by atoms with van der Waals surface area (Å²) >= 11 is 0. The zero-order valence-corrected chi connectivity index (χ0v) is 21.6. The molecular weight excluding hydrogens is 418 g/mol. The van der Waals surface area contributed by atoms with Crippen LogP contribution in [-0.2, 0) is 20.6 Å². The van der Waals surface area contributed by atoms with E-state index in [1.165, 1.54) is 5.06 Å². The number of rotatable bonds is 7. The van der Waals surface area contributed by atoms with Crippen molar-refractivity contribution in [1.29, 1.82) is 0 Å². The van der Waals surface area contributed by atoms with Crippen molar-refractivity contribution in [1.82, 2.24) is 10.4 Å². The lowest BCUT2D eigenvalue weighted by molar-refractivity contribution is -0.216. The van der Waals surface area contributed by atoms with E-state index in [0.717, 1.165) is 17.5 Å². The summed E-state index contributed by atoms with van der Waals surface area (Å²) in [4.78, 5) is 24.7. The molecule has 0 spiro atoms. The van der Waals surface area contributed by atoms with Gasteiger partial charge in [-0.3, -0.25) is 4.79 Å². The Morgan fingerprint density at radius 1 is 1.12 bits per heavy atom. The molecule has 1 atom stereocenters. The van der Waals surface area contributed by atoms with Crippen LogP contribution in [0.25, 0.3) is 0 Å². The number of anilines is 1. The van der Waals surface area contributed by atoms with Gasteiger partial charge in [0.1, 0.15) is 5.60 Å². The van der Waals surface area contributed by atoms with Gasteiger partial charge in [0.25, 0.3) is 0 Å². The number of carbonyl (C=O) groups excluding carboxylic acids is 2. The first-order valence-corrected chi connectivity index (χ1v) is 11.6. The van der Waals surface area contributed by atoms with Gasteiger partial charge in [-0.15, -0.1) is 0 Å². The Morgan fingerprint density at radius 2 is 1.73 bits per heavy atom. The lowest BCUT2D eigenvalue weighted by Crippen LogP contribution is -2.42. The maximum absolute atomic E-state index is 12.5. The molecule has 7 heteroatoms. The van der Waals surface area contributed by atoms with E-state index >= 15 is 0 Å². The molecule has 0 aromatic heterocycles. The van der Waals surface area contributed by atoms with Crippen LogP contribution in [-0.4, -0.2) is 33.9 Å². The summed E-state index contributed by atoms with van der Waals surface area (Å²) in [6, 6.07) is 5.54. The van der Waals surface area contributed by atoms with E-state index in [0.29, 0.717) is 11.6 Å². The number of carbonyl (C=O) groups is 2. The topological polar surface area (TPSA) is 90.9 Å². The zero-order chi connectivity index (χ0) is 25.2. The summed E-state index contributed by atoms with van der Waals surface area (Å²) in [5, 5.41) is 17.8. The summed E-state index contributed by atoms with van der Waals surface area (Å²) in [5.74, 6) is 0.219. The van der Waals surface area contributed by atoms with Gasteiger partial charge in [0, 0.05) is 12.1 Å². The molecule has 0 bridgehead atoms. The Balaban J connectivity index is 2.02. The molecule has 7 nitrogen and oxygen atoms in total. The number of hydroxylamine groups is 2. The minimum atomic E-state index is -0.567. The van der Waals surface area contributed by atoms with Crippen LogP contribution in [0.1, 0.15) is 86.3 Å². The molecule has 0 saturated carbocycles. The molecule has 0 aliphatic carbocycles. The third kappa shape index (κ3) is 6.81. The third-order valence-corrected chi connectivity index (χ3v) is 5.78. The molecule has 1 aromatic carbocycles. The molecule has 1 aliphatic heterocycles. The number of ether oxygens (including phenoxy) is 1. The van der Waals surface area contributed by atoms with Gasteiger partial charge >= 0.3 is 6.09 Å². The van der Waals surface area contributed by atoms with Crippen LogP contribution in [0.15, 0.2) is 30.4 Å². The molecule has 1 aromatic rings. The zero-order valence-electron chi connectivity index (χ0n) is 21.6. The highest BCUT2D eigenvalue weighted by Gasteiger charge is 2.48. The van der Waals surface area contributed by atoms with Crippen LogP contribution in [0, 0.1) is 5.92 Å². The number of alkyl carbamates (subject to hydrolysis) is 1. The number of benzene rings is 1. The van der Waals surface area contributed by atoms with Crippen molar-refractivity contribution in [3.8, 4) is 0 Å². The van der Waals surface area contributed by atoms with Crippen molar-refractivity contribution in [2.24, 2.45) is 5.92 Å². The molecule has 0 radical (unpaired) electrons. The first kappa shape index (κ1) is 26.9. The van der Waals surface area contributed by atoms with E-state index in [-0.39, 0.29) is 18.4 Å². The number of fused-ring (bicyclic) bond motifs is 1. The predicted molar refractivity (Wildman–Crippen MR) is 131 cm³/mol. The molecule has 184 valence electrons. The molecular formula is C26H41N3O4. The summed E-state index contributed by atoms with van der Waals surface area (Å²) in [7, 11) is 0. The number of nitrogens with one attached hydrogen (secondary N) is 2. The molecule has 3 N–H and O–H groups in total. The van der Waals surface area contributed by atoms with Crippen LogP contribution in [0.2, 0.25) is 0 Å². The highest BCUT2D eigenvalue weighted by atomic mass is 16.6. The number of hydrogen-bond donors (Lipinski definition) is 3. The van der Waals surface area contributed by atoms with Crippen molar-refractivity contribution in [2.45, 2.75) is 97.9 Å². The van der Waals surface area contributed by atoms with Gasteiger partial charge in [-0.25, -0.2) is 4.79 Å². The van der Waals surface area contributed by atoms with Gasteiger partial charge in [-0.05, 0) is 84.1 Å². The van der Waals surface area contributed by atoms with Crippen LogP contribution in [0.5, 0.6) is 0 Å². The predicted octanol–water partition coefficient (Wildman–Crippen LogP) is 5.69. The molecule has 1 heterocycles. The standard InChI is InChI=1S/C26H41N3O4/c1-17(2)15-18(28-23(31)33-24(3,4)5)11-10-12-22(30)27-19-13-14-20-21(16-19)26(8,9)29(32)25(20,6)7/h10-11,13-14,16-18,32H,12,15H2,1-9H3,(H,27,30)(H,28,31)/b11-10+/t18-/m1/s1. The van der Waals surface area contributed by atoms with Crippen molar-refractivity contribution in [3.63, 3.8) is 0 Å². The molecule has 0 saturated heterocycles. The minimum absolute atomic E-state index is 0.150. The van der Waals surface area contributed by atoms with Gasteiger partial charge in [0.15, 0.2) is 0 Å². The third-order valence-electron chi connectivity index (χ3n) is 5.78. The maximum Gasteiger partial charge on any atom is 0.408 e. The summed E-state index contributed by atoms with van der Waals surface area (Å²) in [6.45, 7) is 17.5. The van der Waals surface area contributed by atoms with Crippen molar-refractivity contribution in [2.75, 3.05) is 5.32 Å². The van der Waals surface area contributed by atoms with Crippen LogP contribution in [0.3, 0.4) is 0 Å². The summed E-state index contributed by atoms with van der Waals surface area (Å²) in [6.07, 6.45) is 4.08. The van der Waals surface area contributed by atoms with Gasteiger partial charge < -0.3 is 20.6 Å². The lowest BCUT2D eigenvalue weighted by atomic mass is 9.90. The number of nitrogens with zero attached hydrogens (tertiary/aromatic N) is 1. The van der Waals surface area contributed by atoms with Crippen molar-refractivity contribution >= 4 is 17.7 Å². The smallest absolute Gasteiger partial charge is 0.408 e. The number of hydrogen-bond acceptors (Lipinski definition) is 5. The molecule has 2 rings (SSSR count). The Kier molecular flexibility index (Phi) is 8.02. The first-order valence-electron chi connectivity index (χ1n) is 11.6. The fraction of sp³-hybridized carbons (Fsp3) is 0.615. The quantitative estimate of drug-likeness (QED) is 0.456. The normalized spacial score (nSPS) is 18.3. The van der Waals surface area contributed by atoms with Crippen LogP contribution >= 0.6 is 0 Å². The Labute approximate surface area is 198 Å². The second kappa shape index (κ2) is 9.85. The van der Waals surface area contributed by atoms with Gasteiger partial charge in [0.05, 0.1) is 17.1 Å². The average Bonchev–Trinajstić information content (AvgIpc) is 2.77. The van der Waals surface area contributed by atoms with E-state index in [1.807, 2.05) is 72.7 Å². The van der Waals surface area contributed by atoms with E-state index in [1.54, 1.807) is 6.08 Å². The second-order valence-corrected chi connectivity index (χ2v) is 11.3. The van der Waals surface area contributed by atoms with E-state index < -0.39 is 22.8 Å². The van der Waals surface area contributed by atoms with E-state index in [9.17, 15) is 14.8 Å². The largest absolute Gasteiger partial charge is 0.444 e. The molecule has 0 unspecified atom stereocenters. The number of amides is 2. The van der Waals surface area contributed by atoms with Gasteiger partial charge in [-0.2, -0.15) is 5.06 Å². The van der Waals surface area contributed by atoms with Gasteiger partial charge in [0.2, 0.25) is 5.91 Å². The highest BCUT2D eigenvalue weighted by molar-refractivity contribution is 5.91. The lowest BCUT2D eigenvalue weighted by Gasteiger charge is -2.34. The summed E-state index contributed by atoms with van der Waals surface area (Å²) in [5.41, 5.74) is 1.09. The minimum Gasteiger partial charge on any atom is -0.444 e. The Morgan fingerprint density at radius 3 is 2.30 bits per heavy atom. The first-order chi connectivity index (χ1) is 15.0. The van der Waals surface area contributed by atoms with E-state index in [4.69, 9.17) is 4.74 Å². The van der Waals surface area contributed by atoms with Crippen LogP contribution < -0.4 is 10.6 Å². The van der Waals surface area contributed by atoms with E-state index in [2.05, 4.69) is 24.5 Å².